The van der Waals surface area contributed by atoms with E-state index in [1.54, 1.807) is 25.3 Å². The van der Waals surface area contributed by atoms with E-state index in [2.05, 4.69) is 4.90 Å². The van der Waals surface area contributed by atoms with Crippen LogP contribution in [0.3, 0.4) is 0 Å². The summed E-state index contributed by atoms with van der Waals surface area (Å²) in [7, 11) is 1.73. The van der Waals surface area contributed by atoms with Crippen LogP contribution in [-0.2, 0) is 4.74 Å². The van der Waals surface area contributed by atoms with Gasteiger partial charge in [0.05, 0.1) is 11.7 Å². The standard InChI is InChI=1S/C15H24N2O3/c1-10(15-13(18)4-3-5-14(15)19)17-7-6-12(20-2)8-11(17)9-16/h3-5,10-12,18-19H,6-9,16H2,1-2H3. The number of nitrogens with two attached hydrogens (primary N) is 1. The lowest BCUT2D eigenvalue weighted by Crippen LogP contribution is -2.49. The Morgan fingerprint density at radius 2 is 2.05 bits per heavy atom. The zero-order valence-electron chi connectivity index (χ0n) is 12.1. The Labute approximate surface area is 120 Å². The Morgan fingerprint density at radius 3 is 2.60 bits per heavy atom. The molecule has 1 fully saturated rings. The summed E-state index contributed by atoms with van der Waals surface area (Å²) < 4.78 is 5.42. The first-order valence-electron chi connectivity index (χ1n) is 7.08. The van der Waals surface area contributed by atoms with Gasteiger partial charge in [-0.05, 0) is 31.9 Å². The molecule has 0 amide bonds. The molecular weight excluding hydrogens is 256 g/mol. The highest BCUT2D eigenvalue weighted by Crippen LogP contribution is 2.38. The molecule has 1 aromatic carbocycles. The monoisotopic (exact) mass is 280 g/mol. The Balaban J connectivity index is 2.21. The van der Waals surface area contributed by atoms with Crippen molar-refractivity contribution in [1.29, 1.82) is 0 Å². The van der Waals surface area contributed by atoms with E-state index in [9.17, 15) is 10.2 Å². The smallest absolute Gasteiger partial charge is 0.124 e. The number of nitrogens with zero attached hydrogens (tertiary/aromatic N) is 1. The van der Waals surface area contributed by atoms with Crippen molar-refractivity contribution in [3.8, 4) is 11.5 Å². The van der Waals surface area contributed by atoms with Crippen LogP contribution in [0.25, 0.3) is 0 Å². The first kappa shape index (κ1) is 15.1. The Kier molecular flexibility index (Phi) is 4.86. The van der Waals surface area contributed by atoms with Crippen LogP contribution in [0.15, 0.2) is 18.2 Å². The summed E-state index contributed by atoms with van der Waals surface area (Å²) in [5, 5.41) is 20.0. The summed E-state index contributed by atoms with van der Waals surface area (Å²) in [6, 6.07) is 4.96. The third-order valence-corrected chi connectivity index (χ3v) is 4.29. The molecule has 0 bridgehead atoms. The molecule has 1 aliphatic rings. The van der Waals surface area contributed by atoms with E-state index >= 15 is 0 Å². The van der Waals surface area contributed by atoms with Crippen LogP contribution in [0.1, 0.15) is 31.4 Å². The van der Waals surface area contributed by atoms with Crippen LogP contribution in [0.2, 0.25) is 0 Å². The van der Waals surface area contributed by atoms with Crippen LogP contribution in [0.4, 0.5) is 0 Å². The van der Waals surface area contributed by atoms with E-state index in [4.69, 9.17) is 10.5 Å². The molecule has 1 saturated heterocycles. The van der Waals surface area contributed by atoms with E-state index in [0.29, 0.717) is 12.1 Å². The summed E-state index contributed by atoms with van der Waals surface area (Å²) in [6.45, 7) is 3.37. The minimum Gasteiger partial charge on any atom is -0.507 e. The topological polar surface area (TPSA) is 79.0 Å². The fourth-order valence-corrected chi connectivity index (χ4v) is 3.12. The lowest BCUT2D eigenvalue weighted by molar-refractivity contribution is -0.00226. The molecule has 3 atom stereocenters. The van der Waals surface area contributed by atoms with Crippen LogP contribution in [0, 0.1) is 0 Å². The van der Waals surface area contributed by atoms with E-state index in [-0.39, 0.29) is 29.7 Å². The van der Waals surface area contributed by atoms with Crippen molar-refractivity contribution >= 4 is 0 Å². The molecule has 0 spiro atoms. The van der Waals surface area contributed by atoms with Gasteiger partial charge in [0.25, 0.3) is 0 Å². The molecule has 20 heavy (non-hydrogen) atoms. The van der Waals surface area contributed by atoms with Gasteiger partial charge in [0, 0.05) is 32.3 Å². The number of phenols is 2. The van der Waals surface area contributed by atoms with Gasteiger partial charge in [-0.25, -0.2) is 0 Å². The largest absolute Gasteiger partial charge is 0.507 e. The van der Waals surface area contributed by atoms with Gasteiger partial charge in [0.15, 0.2) is 0 Å². The SMILES string of the molecule is COC1CCN(C(C)c2c(O)cccc2O)C(CN)C1. The third-order valence-electron chi connectivity index (χ3n) is 4.29. The average Bonchev–Trinajstić information content (AvgIpc) is 2.46. The number of piperidine rings is 1. The Bertz CT molecular complexity index is 432. The van der Waals surface area contributed by atoms with Crippen molar-refractivity contribution < 1.29 is 14.9 Å². The number of rotatable bonds is 4. The van der Waals surface area contributed by atoms with Gasteiger partial charge in [-0.15, -0.1) is 0 Å². The highest BCUT2D eigenvalue weighted by molar-refractivity contribution is 5.45. The van der Waals surface area contributed by atoms with Gasteiger partial charge in [0.2, 0.25) is 0 Å². The van der Waals surface area contributed by atoms with Crippen molar-refractivity contribution in [2.45, 2.75) is 38.0 Å². The molecule has 1 heterocycles. The molecule has 112 valence electrons. The second kappa shape index (κ2) is 6.43. The van der Waals surface area contributed by atoms with Crippen molar-refractivity contribution in [1.82, 2.24) is 4.90 Å². The van der Waals surface area contributed by atoms with Crippen LogP contribution < -0.4 is 5.73 Å². The van der Waals surface area contributed by atoms with Crippen molar-refractivity contribution in [2.75, 3.05) is 20.2 Å². The van der Waals surface area contributed by atoms with Gasteiger partial charge in [-0.1, -0.05) is 6.07 Å². The second-order valence-corrected chi connectivity index (χ2v) is 5.40. The fraction of sp³-hybridized carbons (Fsp3) is 0.600. The molecule has 1 aliphatic heterocycles. The zero-order chi connectivity index (χ0) is 14.7. The highest BCUT2D eigenvalue weighted by atomic mass is 16.5. The minimum absolute atomic E-state index is 0.0810. The molecule has 0 saturated carbocycles. The van der Waals surface area contributed by atoms with Crippen molar-refractivity contribution in [2.24, 2.45) is 5.73 Å². The Hall–Kier alpha value is -1.30. The number of aromatic hydroxyl groups is 2. The van der Waals surface area contributed by atoms with Gasteiger partial charge < -0.3 is 20.7 Å². The number of ether oxygens (including phenoxy) is 1. The fourth-order valence-electron chi connectivity index (χ4n) is 3.12. The first-order valence-corrected chi connectivity index (χ1v) is 7.08. The summed E-state index contributed by atoms with van der Waals surface area (Å²) in [5.74, 6) is 0.254. The third kappa shape index (κ3) is 2.90. The lowest BCUT2D eigenvalue weighted by atomic mass is 9.94. The molecule has 1 aromatic rings. The molecule has 4 N–H and O–H groups in total. The average molecular weight is 280 g/mol. The molecule has 5 heteroatoms. The maximum Gasteiger partial charge on any atom is 0.124 e. The number of methoxy groups -OCH3 is 1. The highest BCUT2D eigenvalue weighted by Gasteiger charge is 2.32. The van der Waals surface area contributed by atoms with Gasteiger partial charge in [-0.3, -0.25) is 4.90 Å². The molecule has 3 unspecified atom stereocenters. The summed E-state index contributed by atoms with van der Waals surface area (Å²) in [6.07, 6.45) is 2.06. The predicted octanol–water partition coefficient (Wildman–Crippen LogP) is 1.60. The summed E-state index contributed by atoms with van der Waals surface area (Å²) >= 11 is 0. The van der Waals surface area contributed by atoms with Crippen LogP contribution in [0.5, 0.6) is 11.5 Å². The maximum absolute atomic E-state index is 10.0. The van der Waals surface area contributed by atoms with Crippen molar-refractivity contribution in [3.63, 3.8) is 0 Å². The number of benzene rings is 1. The van der Waals surface area contributed by atoms with E-state index in [0.717, 1.165) is 19.4 Å². The van der Waals surface area contributed by atoms with Gasteiger partial charge in [-0.2, -0.15) is 0 Å². The molecule has 0 aromatic heterocycles. The zero-order valence-corrected chi connectivity index (χ0v) is 12.1. The normalized spacial score (nSPS) is 25.6. The van der Waals surface area contributed by atoms with Gasteiger partial charge >= 0.3 is 0 Å². The molecule has 0 radical (unpaired) electrons. The second-order valence-electron chi connectivity index (χ2n) is 5.40. The minimum atomic E-state index is -0.0810. The van der Waals surface area contributed by atoms with Gasteiger partial charge in [0.1, 0.15) is 11.5 Å². The number of phenolic OH excluding ortho intramolecular Hbond substituents is 2. The first-order chi connectivity index (χ1) is 9.58. The lowest BCUT2D eigenvalue weighted by Gasteiger charge is -2.42. The number of hydrogen-bond donors (Lipinski definition) is 3. The summed E-state index contributed by atoms with van der Waals surface area (Å²) in [5.41, 5.74) is 6.45. The van der Waals surface area contributed by atoms with Crippen molar-refractivity contribution in [3.05, 3.63) is 23.8 Å². The molecular formula is C15H24N2O3. The predicted molar refractivity (Wildman–Crippen MR) is 77.8 cm³/mol. The van der Waals surface area contributed by atoms with E-state index < -0.39 is 0 Å². The van der Waals surface area contributed by atoms with E-state index in [1.165, 1.54) is 0 Å². The van der Waals surface area contributed by atoms with Crippen LogP contribution in [-0.4, -0.2) is 47.5 Å². The molecule has 2 rings (SSSR count). The quantitative estimate of drug-likeness (QED) is 0.780. The Morgan fingerprint density at radius 1 is 1.40 bits per heavy atom. The molecule has 0 aliphatic carbocycles. The number of likely N-dealkylation sites (tertiary alicyclic amines) is 1. The summed E-state index contributed by atoms with van der Waals surface area (Å²) in [4.78, 5) is 2.24. The van der Waals surface area contributed by atoms with Crippen LogP contribution >= 0.6 is 0 Å². The maximum atomic E-state index is 10.0. The molecule has 5 nitrogen and oxygen atoms in total. The number of hydrogen-bond acceptors (Lipinski definition) is 5. The van der Waals surface area contributed by atoms with E-state index in [1.807, 2.05) is 6.92 Å².